The Morgan fingerprint density at radius 3 is 2.43 bits per heavy atom. The van der Waals surface area contributed by atoms with E-state index in [0.717, 1.165) is 36.5 Å². The smallest absolute Gasteiger partial charge is 0.340 e. The van der Waals surface area contributed by atoms with Crippen LogP contribution in [0.5, 0.6) is 0 Å². The molecule has 30 heavy (non-hydrogen) atoms. The van der Waals surface area contributed by atoms with Crippen molar-refractivity contribution in [1.82, 2.24) is 0 Å². The minimum Gasteiger partial charge on any atom is -0.465 e. The number of ether oxygens (including phenoxy) is 1. The second-order valence-corrected chi connectivity index (χ2v) is 8.35. The molecule has 2 N–H and O–H groups in total. The molecule has 1 fully saturated rings. The average Bonchev–Trinajstić information content (AvgIpc) is 3.10. The number of carbonyl (C=O) groups excluding carboxylic acids is 2. The molecule has 1 amide bonds. The quantitative estimate of drug-likeness (QED) is 0.469. The molecule has 0 unspecified atom stereocenters. The maximum absolute atomic E-state index is 13.5. The van der Waals surface area contributed by atoms with Crippen LogP contribution in [-0.2, 0) is 9.53 Å². The summed E-state index contributed by atoms with van der Waals surface area (Å²) in [4.78, 5) is 27.9. The van der Waals surface area contributed by atoms with E-state index >= 15 is 0 Å². The lowest BCUT2D eigenvalue weighted by Crippen LogP contribution is -2.42. The lowest BCUT2D eigenvalue weighted by Gasteiger charge is -2.33. The van der Waals surface area contributed by atoms with Crippen LogP contribution >= 0.6 is 0 Å². The molecular weight excluding hydrogens is 380 g/mol. The van der Waals surface area contributed by atoms with E-state index in [1.54, 1.807) is 17.0 Å². The molecule has 0 spiro atoms. The molecular formula is C24H28N2O4. The highest BCUT2D eigenvalue weighted by Crippen LogP contribution is 2.37. The lowest BCUT2D eigenvalue weighted by atomic mass is 9.87. The van der Waals surface area contributed by atoms with Crippen molar-refractivity contribution >= 4 is 45.2 Å². The Morgan fingerprint density at radius 2 is 1.77 bits per heavy atom. The van der Waals surface area contributed by atoms with Crippen molar-refractivity contribution < 1.29 is 18.7 Å². The minimum atomic E-state index is -0.492. The number of hydrogen-bond donors (Lipinski definition) is 1. The third-order valence-corrected chi connectivity index (χ3v) is 5.98. The van der Waals surface area contributed by atoms with Gasteiger partial charge in [0.1, 0.15) is 11.2 Å². The van der Waals surface area contributed by atoms with E-state index in [2.05, 4.69) is 0 Å². The van der Waals surface area contributed by atoms with Gasteiger partial charge in [0, 0.05) is 28.4 Å². The van der Waals surface area contributed by atoms with E-state index in [1.807, 2.05) is 32.0 Å². The molecule has 1 saturated carbocycles. The van der Waals surface area contributed by atoms with Crippen LogP contribution in [0.2, 0.25) is 0 Å². The Bertz CT molecular complexity index is 1110. The number of hydrogen-bond acceptors (Lipinski definition) is 5. The van der Waals surface area contributed by atoms with Gasteiger partial charge in [-0.2, -0.15) is 0 Å². The van der Waals surface area contributed by atoms with Gasteiger partial charge in [-0.1, -0.05) is 19.3 Å². The molecule has 3 aromatic rings. The molecule has 2 aromatic carbocycles. The maximum Gasteiger partial charge on any atom is 0.340 e. The monoisotopic (exact) mass is 408 g/mol. The zero-order chi connectivity index (χ0) is 21.4. The SMILES string of the molecule is COC(=O)c1cc2oc3ccc(N)cc3c2cc1N(C(=O)C1CCCCC1)C(C)C. The largest absolute Gasteiger partial charge is 0.465 e. The van der Waals surface area contributed by atoms with Crippen LogP contribution in [-0.4, -0.2) is 25.0 Å². The zero-order valence-corrected chi connectivity index (χ0v) is 17.7. The van der Waals surface area contributed by atoms with Crippen LogP contribution in [0.3, 0.4) is 0 Å². The molecule has 0 saturated heterocycles. The van der Waals surface area contributed by atoms with Gasteiger partial charge in [0.25, 0.3) is 0 Å². The number of nitrogens with two attached hydrogens (primary N) is 1. The third kappa shape index (κ3) is 3.51. The summed E-state index contributed by atoms with van der Waals surface area (Å²) in [5, 5.41) is 1.68. The molecule has 1 aliphatic carbocycles. The number of anilines is 2. The fourth-order valence-electron chi connectivity index (χ4n) is 4.50. The van der Waals surface area contributed by atoms with E-state index in [9.17, 15) is 9.59 Å². The number of nitrogens with zero attached hydrogens (tertiary/aromatic N) is 1. The molecule has 4 rings (SSSR count). The van der Waals surface area contributed by atoms with Gasteiger partial charge in [0.15, 0.2) is 0 Å². The summed E-state index contributed by atoms with van der Waals surface area (Å²) in [5.74, 6) is -0.436. The number of fused-ring (bicyclic) bond motifs is 3. The number of furan rings is 1. The molecule has 1 heterocycles. The Labute approximate surface area is 175 Å². The number of carbonyl (C=O) groups is 2. The molecule has 0 aliphatic heterocycles. The van der Waals surface area contributed by atoms with Crippen LogP contribution in [0.4, 0.5) is 11.4 Å². The van der Waals surface area contributed by atoms with E-state index in [1.165, 1.54) is 13.5 Å². The molecule has 1 aromatic heterocycles. The normalized spacial score (nSPS) is 15.1. The van der Waals surface area contributed by atoms with Crippen molar-refractivity contribution in [3.8, 4) is 0 Å². The van der Waals surface area contributed by atoms with E-state index < -0.39 is 5.97 Å². The van der Waals surface area contributed by atoms with Crippen molar-refractivity contribution in [2.75, 3.05) is 17.7 Å². The Morgan fingerprint density at radius 1 is 1.07 bits per heavy atom. The van der Waals surface area contributed by atoms with Gasteiger partial charge < -0.3 is 19.8 Å². The Kier molecular flexibility index (Phi) is 5.41. The maximum atomic E-state index is 13.5. The topological polar surface area (TPSA) is 85.8 Å². The summed E-state index contributed by atoms with van der Waals surface area (Å²) in [6, 6.07) is 8.88. The average molecular weight is 408 g/mol. The van der Waals surface area contributed by atoms with Gasteiger partial charge in [-0.3, -0.25) is 4.79 Å². The van der Waals surface area contributed by atoms with Crippen LogP contribution < -0.4 is 10.6 Å². The first-order valence-electron chi connectivity index (χ1n) is 10.6. The minimum absolute atomic E-state index is 0.0147. The Balaban J connectivity index is 1.92. The highest BCUT2D eigenvalue weighted by Gasteiger charge is 2.32. The molecule has 1 aliphatic rings. The number of esters is 1. The molecule has 0 radical (unpaired) electrons. The van der Waals surface area contributed by atoms with Crippen LogP contribution in [0, 0.1) is 5.92 Å². The van der Waals surface area contributed by atoms with E-state index in [-0.39, 0.29) is 17.9 Å². The van der Waals surface area contributed by atoms with Crippen molar-refractivity contribution in [3.05, 3.63) is 35.9 Å². The number of amides is 1. The Hall–Kier alpha value is -3.02. The van der Waals surface area contributed by atoms with E-state index in [4.69, 9.17) is 14.9 Å². The first-order chi connectivity index (χ1) is 14.4. The highest BCUT2D eigenvalue weighted by molar-refractivity contribution is 6.13. The zero-order valence-electron chi connectivity index (χ0n) is 17.7. The van der Waals surface area contributed by atoms with Crippen molar-refractivity contribution in [3.63, 3.8) is 0 Å². The van der Waals surface area contributed by atoms with Crippen molar-refractivity contribution in [2.24, 2.45) is 5.92 Å². The van der Waals surface area contributed by atoms with E-state index in [0.29, 0.717) is 28.1 Å². The van der Waals surface area contributed by atoms with Crippen molar-refractivity contribution in [2.45, 2.75) is 52.0 Å². The summed E-state index contributed by atoms with van der Waals surface area (Å²) >= 11 is 0. The molecule has 6 nitrogen and oxygen atoms in total. The van der Waals surface area contributed by atoms with Crippen LogP contribution in [0.25, 0.3) is 21.9 Å². The molecule has 0 bridgehead atoms. The standard InChI is InChI=1S/C24H28N2O4/c1-14(2)26(23(27)15-7-5-4-6-8-15)20-12-18-17-11-16(25)9-10-21(17)30-22(18)13-19(20)24(28)29-3/h9-15H,4-8,25H2,1-3H3. The second kappa shape index (κ2) is 8.01. The summed E-state index contributed by atoms with van der Waals surface area (Å²) < 4.78 is 11.0. The number of rotatable bonds is 4. The fraction of sp³-hybridized carbons (Fsp3) is 0.417. The third-order valence-electron chi connectivity index (χ3n) is 5.98. The molecule has 6 heteroatoms. The van der Waals surface area contributed by atoms with Crippen LogP contribution in [0.1, 0.15) is 56.3 Å². The summed E-state index contributed by atoms with van der Waals surface area (Å²) in [6.45, 7) is 3.94. The molecule has 0 atom stereocenters. The van der Waals surface area contributed by atoms with Gasteiger partial charge in [-0.05, 0) is 57.0 Å². The lowest BCUT2D eigenvalue weighted by molar-refractivity contribution is -0.123. The van der Waals surface area contributed by atoms with Gasteiger partial charge in [0.2, 0.25) is 5.91 Å². The predicted octanol–water partition coefficient (Wildman–Crippen LogP) is 5.28. The second-order valence-electron chi connectivity index (χ2n) is 8.35. The number of benzene rings is 2. The van der Waals surface area contributed by atoms with Crippen LogP contribution in [0.15, 0.2) is 34.7 Å². The van der Waals surface area contributed by atoms with Gasteiger partial charge in [-0.15, -0.1) is 0 Å². The van der Waals surface area contributed by atoms with Gasteiger partial charge >= 0.3 is 5.97 Å². The summed E-state index contributed by atoms with van der Waals surface area (Å²) in [7, 11) is 1.35. The molecule has 158 valence electrons. The predicted molar refractivity (Wildman–Crippen MR) is 119 cm³/mol. The summed E-state index contributed by atoms with van der Waals surface area (Å²) in [6.07, 6.45) is 5.09. The van der Waals surface area contributed by atoms with Gasteiger partial charge in [0.05, 0.1) is 18.4 Å². The highest BCUT2D eigenvalue weighted by atomic mass is 16.5. The fourth-order valence-corrected chi connectivity index (χ4v) is 4.50. The number of nitrogen functional groups attached to an aromatic ring is 1. The number of methoxy groups -OCH3 is 1. The first-order valence-corrected chi connectivity index (χ1v) is 10.6. The summed E-state index contributed by atoms with van der Waals surface area (Å²) in [5.41, 5.74) is 8.75. The van der Waals surface area contributed by atoms with Gasteiger partial charge in [-0.25, -0.2) is 4.79 Å². The first kappa shape index (κ1) is 20.3. The van der Waals surface area contributed by atoms with Crippen molar-refractivity contribution in [1.29, 1.82) is 0 Å².